The van der Waals surface area contributed by atoms with Crippen LogP contribution in [-0.2, 0) is 0 Å². The van der Waals surface area contributed by atoms with Crippen molar-refractivity contribution in [1.82, 2.24) is 19.9 Å². The predicted octanol–water partition coefficient (Wildman–Crippen LogP) is 9.63. The number of pyridine rings is 1. The maximum atomic E-state index is 6.34. The summed E-state index contributed by atoms with van der Waals surface area (Å²) in [7, 11) is 0. The first-order valence-electron chi connectivity index (χ1n) is 14.2. The maximum absolute atomic E-state index is 6.34. The number of benzene rings is 6. The molecule has 0 atom stereocenters. The minimum atomic E-state index is 0.594. The summed E-state index contributed by atoms with van der Waals surface area (Å²) < 4.78 is 6.34. The molecule has 0 N–H and O–H groups in total. The van der Waals surface area contributed by atoms with Gasteiger partial charge in [-0.05, 0) is 51.9 Å². The van der Waals surface area contributed by atoms with E-state index in [1.54, 1.807) is 0 Å². The molecule has 0 amide bonds. The Morgan fingerprint density at radius 1 is 0.442 bits per heavy atom. The summed E-state index contributed by atoms with van der Waals surface area (Å²) in [5.74, 6) is 1.84. The molecule has 0 spiro atoms. The van der Waals surface area contributed by atoms with Gasteiger partial charge in [0, 0.05) is 39.0 Å². The highest BCUT2D eigenvalue weighted by atomic mass is 16.3. The Balaban J connectivity index is 1.30. The Labute approximate surface area is 246 Å². The second kappa shape index (κ2) is 9.29. The van der Waals surface area contributed by atoms with Crippen LogP contribution in [0, 0.1) is 0 Å². The number of hydrogen-bond acceptors (Lipinski definition) is 5. The zero-order chi connectivity index (χ0) is 28.3. The lowest BCUT2D eigenvalue weighted by Crippen LogP contribution is -2.00. The third-order valence-electron chi connectivity index (χ3n) is 8.13. The van der Waals surface area contributed by atoms with Crippen molar-refractivity contribution in [1.29, 1.82) is 0 Å². The second-order valence-electron chi connectivity index (χ2n) is 10.7. The van der Waals surface area contributed by atoms with Crippen molar-refractivity contribution in [3.63, 3.8) is 0 Å². The highest BCUT2D eigenvalue weighted by Gasteiger charge is 2.18. The molecule has 0 saturated carbocycles. The number of fused-ring (bicyclic) bond motifs is 7. The number of furan rings is 1. The van der Waals surface area contributed by atoms with Crippen LogP contribution in [-0.4, -0.2) is 19.9 Å². The monoisotopic (exact) mass is 550 g/mol. The van der Waals surface area contributed by atoms with E-state index in [0.29, 0.717) is 17.5 Å². The van der Waals surface area contributed by atoms with Gasteiger partial charge in [0.05, 0.1) is 5.52 Å². The van der Waals surface area contributed by atoms with E-state index >= 15 is 0 Å². The van der Waals surface area contributed by atoms with Crippen molar-refractivity contribution in [2.45, 2.75) is 0 Å². The van der Waals surface area contributed by atoms with Gasteiger partial charge < -0.3 is 4.42 Å². The normalized spacial score (nSPS) is 11.7. The molecule has 5 nitrogen and oxygen atoms in total. The Morgan fingerprint density at radius 2 is 1.21 bits per heavy atom. The first-order valence-corrected chi connectivity index (χ1v) is 14.2. The lowest BCUT2D eigenvalue weighted by molar-refractivity contribution is 0.669. The quantitative estimate of drug-likeness (QED) is 0.205. The van der Waals surface area contributed by atoms with Gasteiger partial charge in [-0.3, -0.25) is 4.98 Å². The fourth-order valence-corrected chi connectivity index (χ4v) is 6.07. The minimum Gasteiger partial charge on any atom is -0.456 e. The molecule has 6 aromatic carbocycles. The predicted molar refractivity (Wildman–Crippen MR) is 174 cm³/mol. The molecule has 0 unspecified atom stereocenters. The molecule has 3 heterocycles. The SMILES string of the molecule is c1ccc(-c2nc(-c3ccc4c(ccc5ccccc54)c3)nc(-c3cccc4oc5cc6cccnc6cc5c34)n2)cc1. The maximum Gasteiger partial charge on any atom is 0.164 e. The number of hydrogen-bond donors (Lipinski definition) is 0. The van der Waals surface area contributed by atoms with Crippen molar-refractivity contribution in [2.75, 3.05) is 0 Å². The Bertz CT molecular complexity index is 2520. The third kappa shape index (κ3) is 3.86. The Kier molecular flexibility index (Phi) is 5.13. The van der Waals surface area contributed by atoms with Crippen LogP contribution in [0.2, 0.25) is 0 Å². The summed E-state index contributed by atoms with van der Waals surface area (Å²) in [6, 6.07) is 43.5. The van der Waals surface area contributed by atoms with Gasteiger partial charge in [-0.1, -0.05) is 97.1 Å². The van der Waals surface area contributed by atoms with Crippen LogP contribution in [0.5, 0.6) is 0 Å². The first kappa shape index (κ1) is 23.7. The van der Waals surface area contributed by atoms with Gasteiger partial charge in [0.25, 0.3) is 0 Å². The molecule has 9 aromatic rings. The highest BCUT2D eigenvalue weighted by molar-refractivity contribution is 6.15. The zero-order valence-corrected chi connectivity index (χ0v) is 22.9. The van der Waals surface area contributed by atoms with Crippen LogP contribution in [0.3, 0.4) is 0 Å². The van der Waals surface area contributed by atoms with Gasteiger partial charge in [0.15, 0.2) is 17.5 Å². The molecule has 200 valence electrons. The summed E-state index contributed by atoms with van der Waals surface area (Å²) >= 11 is 0. The van der Waals surface area contributed by atoms with Crippen molar-refractivity contribution in [3.05, 3.63) is 134 Å². The van der Waals surface area contributed by atoms with E-state index in [1.165, 1.54) is 16.2 Å². The number of nitrogens with zero attached hydrogens (tertiary/aromatic N) is 4. The average Bonchev–Trinajstić information content (AvgIpc) is 3.44. The molecular formula is C38H22N4O. The molecule has 0 aliphatic carbocycles. The Hall–Kier alpha value is -5.94. The summed E-state index contributed by atoms with van der Waals surface area (Å²) in [5.41, 5.74) is 5.25. The van der Waals surface area contributed by atoms with E-state index in [0.717, 1.165) is 54.9 Å². The smallest absolute Gasteiger partial charge is 0.164 e. The summed E-state index contributed by atoms with van der Waals surface area (Å²) in [5, 5.41) is 7.78. The van der Waals surface area contributed by atoms with E-state index in [9.17, 15) is 0 Å². The highest BCUT2D eigenvalue weighted by Crippen LogP contribution is 2.38. The van der Waals surface area contributed by atoms with Gasteiger partial charge in [-0.25, -0.2) is 15.0 Å². The topological polar surface area (TPSA) is 64.7 Å². The molecule has 0 aliphatic heterocycles. The Morgan fingerprint density at radius 3 is 2.14 bits per heavy atom. The van der Waals surface area contributed by atoms with Crippen LogP contribution in [0.25, 0.3) is 88.5 Å². The molecule has 0 aliphatic rings. The van der Waals surface area contributed by atoms with E-state index in [1.807, 2.05) is 60.8 Å². The molecule has 0 radical (unpaired) electrons. The largest absolute Gasteiger partial charge is 0.456 e. The summed E-state index contributed by atoms with van der Waals surface area (Å²) in [6.07, 6.45) is 1.81. The molecular weight excluding hydrogens is 528 g/mol. The molecule has 3 aromatic heterocycles. The lowest BCUT2D eigenvalue weighted by Gasteiger charge is -2.10. The van der Waals surface area contributed by atoms with Crippen molar-refractivity contribution < 1.29 is 4.42 Å². The van der Waals surface area contributed by atoms with E-state index < -0.39 is 0 Å². The van der Waals surface area contributed by atoms with Gasteiger partial charge in [-0.15, -0.1) is 0 Å². The van der Waals surface area contributed by atoms with Gasteiger partial charge in [0.1, 0.15) is 11.2 Å². The van der Waals surface area contributed by atoms with Crippen molar-refractivity contribution in [3.8, 4) is 34.2 Å². The molecule has 0 saturated heterocycles. The van der Waals surface area contributed by atoms with Crippen LogP contribution >= 0.6 is 0 Å². The summed E-state index contributed by atoms with van der Waals surface area (Å²) in [4.78, 5) is 19.7. The minimum absolute atomic E-state index is 0.594. The molecule has 5 heteroatoms. The number of rotatable bonds is 3. The van der Waals surface area contributed by atoms with Gasteiger partial charge in [-0.2, -0.15) is 0 Å². The fourth-order valence-electron chi connectivity index (χ4n) is 6.07. The van der Waals surface area contributed by atoms with Gasteiger partial charge in [0.2, 0.25) is 0 Å². The zero-order valence-electron chi connectivity index (χ0n) is 22.9. The molecule has 0 bridgehead atoms. The third-order valence-corrected chi connectivity index (χ3v) is 8.13. The van der Waals surface area contributed by atoms with Gasteiger partial charge >= 0.3 is 0 Å². The lowest BCUT2D eigenvalue weighted by atomic mass is 10.00. The fraction of sp³-hybridized carbons (Fsp3) is 0. The van der Waals surface area contributed by atoms with E-state index in [2.05, 4.69) is 77.8 Å². The standard InChI is InChI=1S/C38H22N4O/c1-2-9-24(10-3-1)36-40-37(27-17-18-29-25(20-27)16-15-23-8-4-5-12-28(23)29)42-38(41-36)30-13-6-14-33-35(30)31-22-32-26(11-7-19-39-32)21-34(31)43-33/h1-22H. The van der Waals surface area contributed by atoms with Crippen molar-refractivity contribution >= 4 is 54.4 Å². The van der Waals surface area contributed by atoms with E-state index in [4.69, 9.17) is 19.4 Å². The van der Waals surface area contributed by atoms with Crippen LogP contribution < -0.4 is 0 Å². The average molecular weight is 551 g/mol. The first-order chi connectivity index (χ1) is 21.3. The van der Waals surface area contributed by atoms with Crippen LogP contribution in [0.15, 0.2) is 138 Å². The second-order valence-corrected chi connectivity index (χ2v) is 10.7. The van der Waals surface area contributed by atoms with Crippen LogP contribution in [0.1, 0.15) is 0 Å². The summed E-state index contributed by atoms with van der Waals surface area (Å²) in [6.45, 7) is 0. The van der Waals surface area contributed by atoms with Crippen molar-refractivity contribution in [2.24, 2.45) is 0 Å². The number of aromatic nitrogens is 4. The van der Waals surface area contributed by atoms with Crippen LogP contribution in [0.4, 0.5) is 0 Å². The molecule has 43 heavy (non-hydrogen) atoms. The van der Waals surface area contributed by atoms with E-state index in [-0.39, 0.29) is 0 Å². The molecule has 0 fully saturated rings. The molecule has 9 rings (SSSR count).